The Morgan fingerprint density at radius 1 is 1.21 bits per heavy atom. The van der Waals surface area contributed by atoms with Crippen LogP contribution in [0.2, 0.25) is 0 Å². The van der Waals surface area contributed by atoms with Crippen molar-refractivity contribution in [3.05, 3.63) is 64.3 Å². The molecule has 3 aromatic rings. The van der Waals surface area contributed by atoms with Crippen molar-refractivity contribution < 1.29 is 0 Å². The maximum Gasteiger partial charge on any atom is 0.275 e. The summed E-state index contributed by atoms with van der Waals surface area (Å²) in [5, 5.41) is 0. The third-order valence-corrected chi connectivity index (χ3v) is 5.00. The topological polar surface area (TPSA) is 64.8 Å². The second-order valence-electron chi connectivity index (χ2n) is 6.68. The molecule has 2 aromatic heterocycles. The van der Waals surface area contributed by atoms with Gasteiger partial charge in [0.25, 0.3) is 5.56 Å². The first-order chi connectivity index (χ1) is 11.8. The Balaban J connectivity index is 1.36. The number of likely N-dealkylation sites (tertiary alicyclic amines) is 1. The maximum absolute atomic E-state index is 11.8. The number of hydrogen-bond donors (Lipinski definition) is 2. The standard InChI is InChI=1S/C19H22N4O/c24-19-18-17(21-13-22-19)16(10-20-18)12-23-9-8-15(11-23)7-6-14-4-2-1-3-5-14/h1-5,10,13,15,20H,6-9,11-12H2,(H,21,22,24)/t15-/m1/s1. The smallest absolute Gasteiger partial charge is 0.275 e. The van der Waals surface area contributed by atoms with E-state index in [0.29, 0.717) is 5.52 Å². The van der Waals surface area contributed by atoms with Crippen LogP contribution < -0.4 is 5.56 Å². The highest BCUT2D eigenvalue weighted by atomic mass is 16.1. The summed E-state index contributed by atoms with van der Waals surface area (Å²) in [5.41, 5.74) is 3.81. The minimum atomic E-state index is -0.103. The zero-order valence-corrected chi connectivity index (χ0v) is 13.7. The van der Waals surface area contributed by atoms with Crippen LogP contribution in [0.5, 0.6) is 0 Å². The van der Waals surface area contributed by atoms with Crippen LogP contribution in [0.4, 0.5) is 0 Å². The van der Waals surface area contributed by atoms with E-state index in [-0.39, 0.29) is 5.56 Å². The molecule has 1 atom stereocenters. The van der Waals surface area contributed by atoms with Gasteiger partial charge >= 0.3 is 0 Å². The fourth-order valence-corrected chi connectivity index (χ4v) is 3.67. The predicted molar refractivity (Wildman–Crippen MR) is 94.9 cm³/mol. The molecule has 1 fully saturated rings. The van der Waals surface area contributed by atoms with E-state index in [0.717, 1.165) is 43.1 Å². The molecule has 124 valence electrons. The SMILES string of the molecule is O=c1[nH]cnc2c(CN3CC[C@@H](CCc4ccccc4)C3)c[nH]c12. The van der Waals surface area contributed by atoms with Gasteiger partial charge in [-0.1, -0.05) is 30.3 Å². The predicted octanol–water partition coefficient (Wildman–Crippen LogP) is 2.71. The minimum Gasteiger partial charge on any atom is -0.355 e. The van der Waals surface area contributed by atoms with Gasteiger partial charge in [0.1, 0.15) is 5.52 Å². The molecule has 1 aliphatic heterocycles. The number of aromatic amines is 2. The van der Waals surface area contributed by atoms with Crippen molar-refractivity contribution >= 4 is 11.0 Å². The number of hydrogen-bond acceptors (Lipinski definition) is 3. The largest absolute Gasteiger partial charge is 0.355 e. The number of H-pyrrole nitrogens is 2. The van der Waals surface area contributed by atoms with Crippen LogP contribution in [0.1, 0.15) is 24.0 Å². The molecule has 24 heavy (non-hydrogen) atoms. The number of fused-ring (bicyclic) bond motifs is 1. The van der Waals surface area contributed by atoms with E-state index < -0.39 is 0 Å². The summed E-state index contributed by atoms with van der Waals surface area (Å²) in [7, 11) is 0. The van der Waals surface area contributed by atoms with Gasteiger partial charge in [-0.2, -0.15) is 0 Å². The summed E-state index contributed by atoms with van der Waals surface area (Å²) in [6.07, 6.45) is 7.05. The Morgan fingerprint density at radius 2 is 2.08 bits per heavy atom. The molecule has 2 N–H and O–H groups in total. The average Bonchev–Trinajstić information content (AvgIpc) is 3.23. The Labute approximate surface area is 140 Å². The second kappa shape index (κ2) is 6.61. The van der Waals surface area contributed by atoms with E-state index in [1.54, 1.807) is 0 Å². The number of nitrogens with zero attached hydrogens (tertiary/aromatic N) is 2. The summed E-state index contributed by atoms with van der Waals surface area (Å²) in [6.45, 7) is 3.11. The minimum absolute atomic E-state index is 0.103. The summed E-state index contributed by atoms with van der Waals surface area (Å²) in [5.74, 6) is 0.756. The average molecular weight is 322 g/mol. The monoisotopic (exact) mass is 322 g/mol. The van der Waals surface area contributed by atoms with Crippen LogP contribution in [0.15, 0.2) is 47.7 Å². The van der Waals surface area contributed by atoms with Crippen LogP contribution in [-0.4, -0.2) is 32.9 Å². The molecular weight excluding hydrogens is 300 g/mol. The first kappa shape index (κ1) is 15.1. The summed E-state index contributed by atoms with van der Waals surface area (Å²) >= 11 is 0. The fraction of sp³-hybridized carbons (Fsp3) is 0.368. The molecule has 0 bridgehead atoms. The van der Waals surface area contributed by atoms with Crippen LogP contribution >= 0.6 is 0 Å². The third kappa shape index (κ3) is 3.12. The fourth-order valence-electron chi connectivity index (χ4n) is 3.67. The first-order valence-corrected chi connectivity index (χ1v) is 8.59. The number of aromatic nitrogens is 3. The van der Waals surface area contributed by atoms with E-state index in [1.165, 1.54) is 24.7 Å². The lowest BCUT2D eigenvalue weighted by Crippen LogP contribution is -2.20. The highest BCUT2D eigenvalue weighted by Crippen LogP contribution is 2.24. The molecule has 0 amide bonds. The van der Waals surface area contributed by atoms with Gasteiger partial charge in [0.2, 0.25) is 0 Å². The molecule has 5 nitrogen and oxygen atoms in total. The van der Waals surface area contributed by atoms with Gasteiger partial charge < -0.3 is 9.97 Å². The van der Waals surface area contributed by atoms with Gasteiger partial charge in [0.15, 0.2) is 0 Å². The molecule has 3 heterocycles. The van der Waals surface area contributed by atoms with Gasteiger partial charge in [-0.15, -0.1) is 0 Å². The molecule has 0 unspecified atom stereocenters. The molecule has 1 aliphatic rings. The Bertz CT molecular complexity index is 868. The summed E-state index contributed by atoms with van der Waals surface area (Å²) in [6, 6.07) is 10.7. The van der Waals surface area contributed by atoms with Crippen molar-refractivity contribution in [2.75, 3.05) is 13.1 Å². The Kier molecular flexibility index (Phi) is 4.17. The third-order valence-electron chi connectivity index (χ3n) is 5.00. The highest BCUT2D eigenvalue weighted by molar-refractivity contribution is 5.77. The number of aryl methyl sites for hydroxylation is 1. The number of nitrogens with one attached hydrogen (secondary N) is 2. The molecule has 0 aliphatic carbocycles. The summed E-state index contributed by atoms with van der Waals surface area (Å²) in [4.78, 5) is 24.2. The van der Waals surface area contributed by atoms with Crippen molar-refractivity contribution in [1.82, 2.24) is 19.9 Å². The lowest BCUT2D eigenvalue weighted by Gasteiger charge is -2.15. The molecule has 0 spiro atoms. The van der Waals surface area contributed by atoms with Crippen molar-refractivity contribution in [3.63, 3.8) is 0 Å². The molecule has 1 aromatic carbocycles. The number of rotatable bonds is 5. The maximum atomic E-state index is 11.8. The molecule has 0 saturated carbocycles. The molecule has 1 saturated heterocycles. The van der Waals surface area contributed by atoms with Gasteiger partial charge in [-0.3, -0.25) is 9.69 Å². The van der Waals surface area contributed by atoms with Crippen molar-refractivity contribution in [3.8, 4) is 0 Å². The Morgan fingerprint density at radius 3 is 2.96 bits per heavy atom. The molecule has 5 heteroatoms. The summed E-state index contributed by atoms with van der Waals surface area (Å²) < 4.78 is 0. The van der Waals surface area contributed by atoms with E-state index in [1.807, 2.05) is 6.20 Å². The lowest BCUT2D eigenvalue weighted by atomic mass is 9.99. The zero-order valence-electron chi connectivity index (χ0n) is 13.7. The first-order valence-electron chi connectivity index (χ1n) is 8.59. The molecular formula is C19H22N4O. The van der Waals surface area contributed by atoms with Crippen LogP contribution in [0.25, 0.3) is 11.0 Å². The van der Waals surface area contributed by atoms with Gasteiger partial charge in [-0.05, 0) is 37.3 Å². The second-order valence-corrected chi connectivity index (χ2v) is 6.68. The molecule has 4 rings (SSSR count). The van der Waals surface area contributed by atoms with Crippen molar-refractivity contribution in [2.45, 2.75) is 25.8 Å². The quantitative estimate of drug-likeness (QED) is 0.759. The van der Waals surface area contributed by atoms with Gasteiger partial charge in [-0.25, -0.2) is 4.98 Å². The van der Waals surface area contributed by atoms with Crippen LogP contribution in [-0.2, 0) is 13.0 Å². The van der Waals surface area contributed by atoms with Gasteiger partial charge in [0, 0.05) is 24.8 Å². The van der Waals surface area contributed by atoms with Crippen molar-refractivity contribution in [2.24, 2.45) is 5.92 Å². The van der Waals surface area contributed by atoms with E-state index >= 15 is 0 Å². The van der Waals surface area contributed by atoms with E-state index in [4.69, 9.17) is 0 Å². The van der Waals surface area contributed by atoms with E-state index in [2.05, 4.69) is 50.2 Å². The zero-order chi connectivity index (χ0) is 16.4. The lowest BCUT2D eigenvalue weighted by molar-refractivity contribution is 0.314. The normalized spacial score (nSPS) is 18.4. The van der Waals surface area contributed by atoms with Crippen LogP contribution in [0, 0.1) is 5.92 Å². The van der Waals surface area contributed by atoms with Gasteiger partial charge in [0.05, 0.1) is 11.8 Å². The number of benzene rings is 1. The Hall–Kier alpha value is -2.40. The molecule has 0 radical (unpaired) electrons. The van der Waals surface area contributed by atoms with E-state index in [9.17, 15) is 4.79 Å². The van der Waals surface area contributed by atoms with Crippen LogP contribution in [0.3, 0.4) is 0 Å². The highest BCUT2D eigenvalue weighted by Gasteiger charge is 2.23. The van der Waals surface area contributed by atoms with Crippen molar-refractivity contribution in [1.29, 1.82) is 0 Å².